The van der Waals surface area contributed by atoms with E-state index in [4.69, 9.17) is 4.74 Å². The maximum atomic E-state index is 12.4. The number of aryl methyl sites for hydroxylation is 1. The molecule has 1 aliphatic rings. The maximum Gasteiger partial charge on any atom is 0.414 e. The van der Waals surface area contributed by atoms with Crippen molar-refractivity contribution in [2.24, 2.45) is 0 Å². The smallest absolute Gasteiger partial charge is 0.414 e. The van der Waals surface area contributed by atoms with Crippen LogP contribution < -0.4 is 10.2 Å². The van der Waals surface area contributed by atoms with Crippen LogP contribution in [0.1, 0.15) is 11.1 Å². The zero-order valence-corrected chi connectivity index (χ0v) is 14.4. The number of urea groups is 1. The minimum Gasteiger partial charge on any atom is -0.447 e. The van der Waals surface area contributed by atoms with Crippen LogP contribution in [-0.4, -0.2) is 37.2 Å². The molecule has 3 amide bonds. The van der Waals surface area contributed by atoms with Crippen molar-refractivity contribution in [2.75, 3.05) is 30.4 Å². The van der Waals surface area contributed by atoms with E-state index in [-0.39, 0.29) is 12.1 Å². The standard InChI is InChI=1S/C19H21N3O3/c1-14-5-3-4-6-15(14)13-21(2)18(23)20-16-7-9-17(10-8-16)22-11-12-25-19(22)24/h3-10H,11-13H2,1-2H3,(H,20,23). The Hall–Kier alpha value is -3.02. The number of hydrogen-bond donors (Lipinski definition) is 1. The van der Waals surface area contributed by atoms with Crippen LogP contribution in [0.4, 0.5) is 21.0 Å². The monoisotopic (exact) mass is 339 g/mol. The molecule has 2 aromatic carbocycles. The topological polar surface area (TPSA) is 61.9 Å². The number of ether oxygens (including phenoxy) is 1. The molecule has 6 heteroatoms. The molecule has 0 unspecified atom stereocenters. The number of anilines is 2. The summed E-state index contributed by atoms with van der Waals surface area (Å²) in [6.07, 6.45) is -0.338. The van der Waals surface area contributed by atoms with Crippen molar-refractivity contribution in [2.45, 2.75) is 13.5 Å². The summed E-state index contributed by atoms with van der Waals surface area (Å²) in [5.41, 5.74) is 3.71. The largest absolute Gasteiger partial charge is 0.447 e. The Bertz CT molecular complexity index is 774. The van der Waals surface area contributed by atoms with Gasteiger partial charge >= 0.3 is 12.1 Å². The molecule has 1 aliphatic heterocycles. The number of amides is 3. The first kappa shape index (κ1) is 16.8. The fourth-order valence-corrected chi connectivity index (χ4v) is 2.69. The first-order valence-electron chi connectivity index (χ1n) is 8.15. The van der Waals surface area contributed by atoms with Crippen LogP contribution in [0.3, 0.4) is 0 Å². The van der Waals surface area contributed by atoms with Gasteiger partial charge in [0.1, 0.15) is 6.61 Å². The van der Waals surface area contributed by atoms with Crippen molar-refractivity contribution in [3.8, 4) is 0 Å². The van der Waals surface area contributed by atoms with Crippen molar-refractivity contribution in [3.63, 3.8) is 0 Å². The summed E-state index contributed by atoms with van der Waals surface area (Å²) in [5, 5.41) is 2.86. The second-order valence-corrected chi connectivity index (χ2v) is 6.03. The molecule has 0 bridgehead atoms. The molecule has 1 N–H and O–H groups in total. The van der Waals surface area contributed by atoms with Gasteiger partial charge in [0.15, 0.2) is 0 Å². The van der Waals surface area contributed by atoms with Crippen molar-refractivity contribution in [1.29, 1.82) is 0 Å². The first-order chi connectivity index (χ1) is 12.0. The number of cyclic esters (lactones) is 1. The summed E-state index contributed by atoms with van der Waals surface area (Å²) in [6, 6.07) is 15.0. The third kappa shape index (κ3) is 3.91. The fourth-order valence-electron chi connectivity index (χ4n) is 2.69. The summed E-state index contributed by atoms with van der Waals surface area (Å²) in [6.45, 7) is 3.52. The molecule has 6 nitrogen and oxygen atoms in total. The molecule has 1 saturated heterocycles. The molecule has 0 aliphatic carbocycles. The Labute approximate surface area is 147 Å². The molecule has 3 rings (SSSR count). The van der Waals surface area contributed by atoms with E-state index in [9.17, 15) is 9.59 Å². The summed E-state index contributed by atoms with van der Waals surface area (Å²) >= 11 is 0. The van der Waals surface area contributed by atoms with Crippen LogP contribution in [0.15, 0.2) is 48.5 Å². The predicted octanol–water partition coefficient (Wildman–Crippen LogP) is 3.62. The molecule has 0 spiro atoms. The van der Waals surface area contributed by atoms with Gasteiger partial charge in [-0.2, -0.15) is 0 Å². The highest BCUT2D eigenvalue weighted by molar-refractivity contribution is 5.91. The van der Waals surface area contributed by atoms with E-state index in [0.29, 0.717) is 25.4 Å². The quantitative estimate of drug-likeness (QED) is 0.925. The van der Waals surface area contributed by atoms with Crippen molar-refractivity contribution in [3.05, 3.63) is 59.7 Å². The van der Waals surface area contributed by atoms with Crippen LogP contribution >= 0.6 is 0 Å². The van der Waals surface area contributed by atoms with E-state index in [1.165, 1.54) is 0 Å². The second-order valence-electron chi connectivity index (χ2n) is 6.03. The van der Waals surface area contributed by atoms with Crippen LogP contribution in [-0.2, 0) is 11.3 Å². The normalized spacial score (nSPS) is 13.5. The number of carbonyl (C=O) groups is 2. The van der Waals surface area contributed by atoms with Crippen LogP contribution in [0.25, 0.3) is 0 Å². The Morgan fingerprint density at radius 1 is 1.20 bits per heavy atom. The lowest BCUT2D eigenvalue weighted by molar-refractivity contribution is 0.181. The molecule has 0 saturated carbocycles. The van der Waals surface area contributed by atoms with E-state index in [1.54, 1.807) is 41.1 Å². The number of benzene rings is 2. The highest BCUT2D eigenvalue weighted by Crippen LogP contribution is 2.21. The Balaban J connectivity index is 1.60. The van der Waals surface area contributed by atoms with Gasteiger partial charge in [-0.05, 0) is 42.3 Å². The highest BCUT2D eigenvalue weighted by atomic mass is 16.6. The number of nitrogens with one attached hydrogen (secondary N) is 1. The van der Waals surface area contributed by atoms with Crippen molar-refractivity contribution in [1.82, 2.24) is 4.90 Å². The lowest BCUT2D eigenvalue weighted by Crippen LogP contribution is -2.31. The summed E-state index contributed by atoms with van der Waals surface area (Å²) < 4.78 is 4.92. The SMILES string of the molecule is Cc1ccccc1CN(C)C(=O)Nc1ccc(N2CCOC2=O)cc1. The number of carbonyl (C=O) groups excluding carboxylic acids is 2. The first-order valence-corrected chi connectivity index (χ1v) is 8.15. The van der Waals surface area contributed by atoms with Crippen LogP contribution in [0.2, 0.25) is 0 Å². The van der Waals surface area contributed by atoms with Gasteiger partial charge in [0.25, 0.3) is 0 Å². The summed E-state index contributed by atoms with van der Waals surface area (Å²) in [4.78, 5) is 27.1. The fraction of sp³-hybridized carbons (Fsp3) is 0.263. The molecule has 1 fully saturated rings. The van der Waals surface area contributed by atoms with Gasteiger partial charge in [-0.1, -0.05) is 24.3 Å². The average Bonchev–Trinajstić information content (AvgIpc) is 3.03. The van der Waals surface area contributed by atoms with Gasteiger partial charge in [-0.3, -0.25) is 4.90 Å². The van der Waals surface area contributed by atoms with Crippen molar-refractivity contribution < 1.29 is 14.3 Å². The average molecular weight is 339 g/mol. The lowest BCUT2D eigenvalue weighted by Gasteiger charge is -2.19. The number of rotatable bonds is 4. The highest BCUT2D eigenvalue weighted by Gasteiger charge is 2.23. The van der Waals surface area contributed by atoms with Gasteiger partial charge in [0.2, 0.25) is 0 Å². The Morgan fingerprint density at radius 3 is 2.56 bits per heavy atom. The van der Waals surface area contributed by atoms with E-state index in [2.05, 4.69) is 5.32 Å². The van der Waals surface area contributed by atoms with E-state index in [1.807, 2.05) is 31.2 Å². The number of hydrogen-bond acceptors (Lipinski definition) is 3. The van der Waals surface area contributed by atoms with Gasteiger partial charge in [0, 0.05) is 25.0 Å². The van der Waals surface area contributed by atoms with Crippen molar-refractivity contribution >= 4 is 23.5 Å². The Kier molecular flexibility index (Phi) is 4.88. The zero-order chi connectivity index (χ0) is 17.8. The summed E-state index contributed by atoms with van der Waals surface area (Å²) in [7, 11) is 1.76. The number of nitrogens with zero attached hydrogens (tertiary/aromatic N) is 2. The Morgan fingerprint density at radius 2 is 1.92 bits per heavy atom. The van der Waals surface area contributed by atoms with Crippen LogP contribution in [0, 0.1) is 6.92 Å². The van der Waals surface area contributed by atoms with E-state index in [0.717, 1.165) is 16.8 Å². The second kappa shape index (κ2) is 7.25. The van der Waals surface area contributed by atoms with Gasteiger partial charge in [-0.15, -0.1) is 0 Å². The molecule has 2 aromatic rings. The van der Waals surface area contributed by atoms with Crippen LogP contribution in [0.5, 0.6) is 0 Å². The minimum absolute atomic E-state index is 0.184. The zero-order valence-electron chi connectivity index (χ0n) is 14.4. The molecular formula is C19H21N3O3. The van der Waals surface area contributed by atoms with Gasteiger partial charge in [0.05, 0.1) is 6.54 Å². The van der Waals surface area contributed by atoms with E-state index >= 15 is 0 Å². The lowest BCUT2D eigenvalue weighted by atomic mass is 10.1. The molecule has 0 atom stereocenters. The van der Waals surface area contributed by atoms with Gasteiger partial charge in [-0.25, -0.2) is 9.59 Å². The van der Waals surface area contributed by atoms with E-state index < -0.39 is 0 Å². The predicted molar refractivity (Wildman–Crippen MR) is 96.8 cm³/mol. The van der Waals surface area contributed by atoms with Gasteiger partial charge < -0.3 is 15.0 Å². The third-order valence-corrected chi connectivity index (χ3v) is 4.21. The minimum atomic E-state index is -0.338. The molecule has 0 aromatic heterocycles. The molecular weight excluding hydrogens is 318 g/mol. The molecule has 25 heavy (non-hydrogen) atoms. The summed E-state index contributed by atoms with van der Waals surface area (Å²) in [5.74, 6) is 0. The molecule has 1 heterocycles. The third-order valence-electron chi connectivity index (χ3n) is 4.21. The maximum absolute atomic E-state index is 12.4. The molecule has 0 radical (unpaired) electrons. The molecule has 130 valence electrons.